The van der Waals surface area contributed by atoms with Crippen molar-refractivity contribution in [2.24, 2.45) is 23.5 Å². The summed E-state index contributed by atoms with van der Waals surface area (Å²) in [5, 5.41) is 0. The molecule has 2 N–H and O–H groups in total. The molecule has 0 aromatic carbocycles. The Bertz CT molecular complexity index is 277. The predicted octanol–water partition coefficient (Wildman–Crippen LogP) is 1.79. The van der Waals surface area contributed by atoms with Crippen molar-refractivity contribution in [3.05, 3.63) is 0 Å². The van der Waals surface area contributed by atoms with Gasteiger partial charge in [0, 0.05) is 25.0 Å². The molecule has 17 heavy (non-hydrogen) atoms. The molecule has 4 heteroatoms. The average molecular weight is 259 g/mol. The standard InChI is InChI=1S/C13H22N2O.ClH/c14-11-2-1-7-15(8-11)13(16)12(9-3-4-9)10-5-6-10;/h9-12H,1-8,14H2;1H/t11-;/m1./s1. The number of carbonyl (C=O) groups excluding carboxylic acids is 1. The molecule has 0 radical (unpaired) electrons. The van der Waals surface area contributed by atoms with Gasteiger partial charge in [0.15, 0.2) is 0 Å². The molecule has 1 atom stereocenters. The Morgan fingerprint density at radius 1 is 1.12 bits per heavy atom. The second-order valence-electron chi connectivity index (χ2n) is 5.89. The van der Waals surface area contributed by atoms with Gasteiger partial charge >= 0.3 is 0 Å². The van der Waals surface area contributed by atoms with E-state index in [0.717, 1.165) is 37.8 Å². The molecule has 1 amide bonds. The fourth-order valence-electron chi connectivity index (χ4n) is 3.12. The summed E-state index contributed by atoms with van der Waals surface area (Å²) in [5.74, 6) is 2.24. The van der Waals surface area contributed by atoms with Gasteiger partial charge in [-0.1, -0.05) is 0 Å². The minimum atomic E-state index is 0. The van der Waals surface area contributed by atoms with Gasteiger partial charge in [-0.15, -0.1) is 12.4 Å². The van der Waals surface area contributed by atoms with E-state index in [1.807, 2.05) is 0 Å². The van der Waals surface area contributed by atoms with Crippen molar-refractivity contribution in [2.45, 2.75) is 44.6 Å². The minimum Gasteiger partial charge on any atom is -0.341 e. The number of nitrogens with two attached hydrogens (primary N) is 1. The second-order valence-corrected chi connectivity index (χ2v) is 5.89. The lowest BCUT2D eigenvalue weighted by Crippen LogP contribution is -2.48. The lowest BCUT2D eigenvalue weighted by atomic mass is 9.94. The van der Waals surface area contributed by atoms with Crippen LogP contribution in [-0.2, 0) is 4.79 Å². The van der Waals surface area contributed by atoms with E-state index >= 15 is 0 Å². The summed E-state index contributed by atoms with van der Waals surface area (Å²) in [5.41, 5.74) is 5.95. The molecule has 0 unspecified atom stereocenters. The van der Waals surface area contributed by atoms with Gasteiger partial charge in [0.25, 0.3) is 0 Å². The van der Waals surface area contributed by atoms with Crippen LogP contribution < -0.4 is 5.73 Å². The van der Waals surface area contributed by atoms with Crippen LogP contribution in [-0.4, -0.2) is 29.9 Å². The Hall–Kier alpha value is -0.280. The van der Waals surface area contributed by atoms with Crippen LogP contribution in [0.15, 0.2) is 0 Å². The van der Waals surface area contributed by atoms with Crippen molar-refractivity contribution in [3.8, 4) is 0 Å². The lowest BCUT2D eigenvalue weighted by molar-refractivity contribution is -0.138. The van der Waals surface area contributed by atoms with Gasteiger partial charge in [-0.05, 0) is 50.4 Å². The highest BCUT2D eigenvalue weighted by molar-refractivity contribution is 5.85. The molecule has 98 valence electrons. The third-order valence-electron chi connectivity index (χ3n) is 4.31. The summed E-state index contributed by atoms with van der Waals surface area (Å²) in [6.07, 6.45) is 7.31. The van der Waals surface area contributed by atoms with Crippen molar-refractivity contribution in [1.82, 2.24) is 4.90 Å². The molecule has 0 aromatic rings. The first kappa shape index (κ1) is 13.2. The molecule has 2 saturated carbocycles. The zero-order valence-corrected chi connectivity index (χ0v) is 11.1. The fourth-order valence-corrected chi connectivity index (χ4v) is 3.12. The van der Waals surface area contributed by atoms with Gasteiger partial charge in [-0.2, -0.15) is 0 Å². The summed E-state index contributed by atoms with van der Waals surface area (Å²) in [7, 11) is 0. The van der Waals surface area contributed by atoms with Gasteiger partial charge in [-0.3, -0.25) is 4.79 Å². The molecule has 0 aromatic heterocycles. The molecule has 0 spiro atoms. The fraction of sp³-hybridized carbons (Fsp3) is 0.923. The molecular formula is C13H23ClN2O. The number of hydrogen-bond acceptors (Lipinski definition) is 2. The predicted molar refractivity (Wildman–Crippen MR) is 70.0 cm³/mol. The quantitative estimate of drug-likeness (QED) is 0.839. The van der Waals surface area contributed by atoms with Crippen LogP contribution in [0.5, 0.6) is 0 Å². The van der Waals surface area contributed by atoms with Gasteiger partial charge in [0.2, 0.25) is 5.91 Å². The Morgan fingerprint density at radius 2 is 1.71 bits per heavy atom. The number of piperidine rings is 1. The number of halogens is 1. The average Bonchev–Trinajstić information content (AvgIpc) is 3.12. The van der Waals surface area contributed by atoms with Gasteiger partial charge in [0.1, 0.15) is 0 Å². The Balaban J connectivity index is 0.00000108. The van der Waals surface area contributed by atoms with Crippen LogP contribution in [0.2, 0.25) is 0 Å². The largest absolute Gasteiger partial charge is 0.341 e. The molecule has 2 aliphatic carbocycles. The summed E-state index contributed by atoms with van der Waals surface area (Å²) >= 11 is 0. The number of hydrogen-bond donors (Lipinski definition) is 1. The molecule has 3 fully saturated rings. The van der Waals surface area contributed by atoms with Gasteiger partial charge in [0.05, 0.1) is 0 Å². The van der Waals surface area contributed by atoms with E-state index in [0.29, 0.717) is 11.8 Å². The van der Waals surface area contributed by atoms with E-state index in [1.54, 1.807) is 0 Å². The summed E-state index contributed by atoms with van der Waals surface area (Å²) in [6, 6.07) is 0.219. The smallest absolute Gasteiger partial charge is 0.226 e. The molecular weight excluding hydrogens is 236 g/mol. The molecule has 1 aliphatic heterocycles. The van der Waals surface area contributed by atoms with Crippen molar-refractivity contribution in [3.63, 3.8) is 0 Å². The molecule has 3 nitrogen and oxygen atoms in total. The highest BCUT2D eigenvalue weighted by atomic mass is 35.5. The number of rotatable bonds is 3. The zero-order chi connectivity index (χ0) is 11.1. The summed E-state index contributed by atoms with van der Waals surface area (Å²) in [6.45, 7) is 1.75. The molecule has 3 aliphatic rings. The van der Waals surface area contributed by atoms with E-state index in [2.05, 4.69) is 4.90 Å². The monoisotopic (exact) mass is 258 g/mol. The SMILES string of the molecule is Cl.N[C@@H]1CCCN(C(=O)C(C2CC2)C2CC2)C1. The van der Waals surface area contributed by atoms with Crippen LogP contribution in [0.1, 0.15) is 38.5 Å². The maximum Gasteiger partial charge on any atom is 0.226 e. The van der Waals surface area contributed by atoms with Crippen LogP contribution in [0.4, 0.5) is 0 Å². The molecule has 3 rings (SSSR count). The summed E-state index contributed by atoms with van der Waals surface area (Å²) in [4.78, 5) is 14.5. The van der Waals surface area contributed by atoms with Crippen molar-refractivity contribution in [1.29, 1.82) is 0 Å². The third-order valence-corrected chi connectivity index (χ3v) is 4.31. The lowest BCUT2D eigenvalue weighted by Gasteiger charge is -2.33. The number of carbonyl (C=O) groups is 1. The van der Waals surface area contributed by atoms with Crippen LogP contribution in [0, 0.1) is 17.8 Å². The topological polar surface area (TPSA) is 46.3 Å². The molecule has 1 heterocycles. The maximum atomic E-state index is 12.5. The van der Waals surface area contributed by atoms with Gasteiger partial charge in [-0.25, -0.2) is 0 Å². The van der Waals surface area contributed by atoms with E-state index < -0.39 is 0 Å². The number of amides is 1. The first-order valence-corrected chi connectivity index (χ1v) is 6.80. The van der Waals surface area contributed by atoms with Crippen LogP contribution >= 0.6 is 12.4 Å². The van der Waals surface area contributed by atoms with E-state index in [1.165, 1.54) is 25.7 Å². The number of nitrogens with zero attached hydrogens (tertiary/aromatic N) is 1. The Kier molecular flexibility index (Phi) is 3.99. The van der Waals surface area contributed by atoms with Crippen molar-refractivity contribution >= 4 is 18.3 Å². The Morgan fingerprint density at radius 3 is 2.18 bits per heavy atom. The normalized spacial score (nSPS) is 29.1. The van der Waals surface area contributed by atoms with Gasteiger partial charge < -0.3 is 10.6 Å². The van der Waals surface area contributed by atoms with Crippen LogP contribution in [0.25, 0.3) is 0 Å². The van der Waals surface area contributed by atoms with E-state index in [-0.39, 0.29) is 18.4 Å². The highest BCUT2D eigenvalue weighted by Gasteiger charge is 2.47. The molecule has 1 saturated heterocycles. The second kappa shape index (κ2) is 5.15. The Labute approximate surface area is 110 Å². The summed E-state index contributed by atoms with van der Waals surface area (Å²) < 4.78 is 0. The maximum absolute atomic E-state index is 12.5. The molecule has 0 bridgehead atoms. The minimum absolute atomic E-state index is 0. The zero-order valence-electron chi connectivity index (χ0n) is 10.3. The highest BCUT2D eigenvalue weighted by Crippen LogP contribution is 2.50. The number of likely N-dealkylation sites (tertiary alicyclic amines) is 1. The van der Waals surface area contributed by atoms with Crippen molar-refractivity contribution in [2.75, 3.05) is 13.1 Å². The van der Waals surface area contributed by atoms with E-state index in [4.69, 9.17) is 5.73 Å². The first-order valence-electron chi connectivity index (χ1n) is 6.80. The first-order chi connectivity index (χ1) is 7.75. The van der Waals surface area contributed by atoms with Crippen molar-refractivity contribution < 1.29 is 4.79 Å². The third kappa shape index (κ3) is 2.94. The van der Waals surface area contributed by atoms with Crippen LogP contribution in [0.3, 0.4) is 0 Å². The van der Waals surface area contributed by atoms with E-state index in [9.17, 15) is 4.79 Å².